The molecule has 33 heavy (non-hydrogen) atoms. The first kappa shape index (κ1) is 26.5. The molecule has 9 heteroatoms. The molecule has 0 atom stereocenters. The summed E-state index contributed by atoms with van der Waals surface area (Å²) in [6.07, 6.45) is -0.226. The first-order chi connectivity index (χ1) is 15.2. The Morgan fingerprint density at radius 2 is 1.36 bits per heavy atom. The third-order valence-corrected chi connectivity index (χ3v) is 7.99. The molecule has 0 saturated heterocycles. The van der Waals surface area contributed by atoms with Crippen molar-refractivity contribution >= 4 is 27.6 Å². The number of rotatable bonds is 9. The van der Waals surface area contributed by atoms with Crippen molar-refractivity contribution in [2.75, 3.05) is 13.2 Å². The molecule has 2 rings (SSSR count). The van der Waals surface area contributed by atoms with E-state index in [1.165, 1.54) is 6.92 Å². The van der Waals surface area contributed by atoms with E-state index in [4.69, 9.17) is 4.74 Å². The topological polar surface area (TPSA) is 122 Å². The summed E-state index contributed by atoms with van der Waals surface area (Å²) in [5.74, 6) is -1.33. The number of nitrogens with one attached hydrogen (secondary N) is 2. The van der Waals surface area contributed by atoms with E-state index in [9.17, 15) is 22.8 Å². The molecule has 0 saturated carbocycles. The van der Waals surface area contributed by atoms with E-state index in [2.05, 4.69) is 9.71 Å². The number of carbonyl (C=O) groups excluding carboxylic acids is 3. The zero-order chi connectivity index (χ0) is 25.2. The number of hydrogen-bond acceptors (Lipinski definition) is 6. The van der Waals surface area contributed by atoms with Gasteiger partial charge in [-0.15, -0.1) is 0 Å². The molecule has 0 unspecified atom stereocenters. The van der Waals surface area contributed by atoms with Gasteiger partial charge < -0.3 is 9.72 Å². The van der Waals surface area contributed by atoms with Crippen molar-refractivity contribution < 1.29 is 27.5 Å². The lowest BCUT2D eigenvalue weighted by Crippen LogP contribution is -2.29. The lowest BCUT2D eigenvalue weighted by atomic mass is 9.95. The van der Waals surface area contributed by atoms with Crippen LogP contribution in [0.4, 0.5) is 0 Å². The molecule has 1 aromatic carbocycles. The van der Waals surface area contributed by atoms with Gasteiger partial charge in [0.15, 0.2) is 12.4 Å². The number of aromatic amines is 1. The monoisotopic (exact) mass is 476 g/mol. The number of benzene rings is 1. The highest BCUT2D eigenvalue weighted by Crippen LogP contribution is 2.29. The summed E-state index contributed by atoms with van der Waals surface area (Å²) in [6.45, 7) is 13.4. The maximum Gasteiger partial charge on any atom is 0.307 e. The predicted molar refractivity (Wildman–Crippen MR) is 125 cm³/mol. The van der Waals surface area contributed by atoms with Crippen LogP contribution in [0.5, 0.6) is 0 Å². The first-order valence-electron chi connectivity index (χ1n) is 10.7. The third kappa shape index (κ3) is 5.42. The quantitative estimate of drug-likeness (QED) is 0.422. The lowest BCUT2D eigenvalue weighted by Gasteiger charge is -2.19. The van der Waals surface area contributed by atoms with Gasteiger partial charge in [0.1, 0.15) is 0 Å². The van der Waals surface area contributed by atoms with Crippen LogP contribution >= 0.6 is 0 Å². The summed E-state index contributed by atoms with van der Waals surface area (Å²) in [6, 6.07) is 0. The standard InChI is InChI=1S/C24H32N2O6S/c1-12-13(2)15(4)24(16(5)14(12)3)33(30,31)25-10-9-21(29)32-11-20(28)23-17(6)22(19(8)27)18(7)26-23/h25-26H,9-11H2,1-8H3. The minimum Gasteiger partial charge on any atom is -0.457 e. The molecule has 2 aromatic rings. The number of sulfonamides is 1. The maximum atomic E-state index is 12.9. The molecule has 8 nitrogen and oxygen atoms in total. The molecule has 0 aliphatic rings. The second-order valence-corrected chi connectivity index (χ2v) is 10.1. The largest absolute Gasteiger partial charge is 0.457 e. The van der Waals surface area contributed by atoms with Gasteiger partial charge in [-0.3, -0.25) is 14.4 Å². The van der Waals surface area contributed by atoms with Crippen molar-refractivity contribution in [3.63, 3.8) is 0 Å². The lowest BCUT2D eigenvalue weighted by molar-refractivity contribution is -0.142. The number of ether oxygens (including phenoxy) is 1. The molecule has 2 N–H and O–H groups in total. The predicted octanol–water partition coefficient (Wildman–Crippen LogP) is 3.47. The van der Waals surface area contributed by atoms with Crippen LogP contribution in [0, 0.1) is 48.5 Å². The molecule has 0 bridgehead atoms. The second-order valence-electron chi connectivity index (χ2n) is 8.37. The highest BCUT2D eigenvalue weighted by Gasteiger charge is 2.24. The van der Waals surface area contributed by atoms with E-state index in [0.717, 1.165) is 16.7 Å². The Morgan fingerprint density at radius 1 is 0.848 bits per heavy atom. The van der Waals surface area contributed by atoms with Crippen molar-refractivity contribution in [2.45, 2.75) is 66.7 Å². The van der Waals surface area contributed by atoms with E-state index < -0.39 is 28.4 Å². The van der Waals surface area contributed by atoms with Crippen molar-refractivity contribution in [1.29, 1.82) is 0 Å². The van der Waals surface area contributed by atoms with Gasteiger partial charge in [-0.1, -0.05) is 0 Å². The van der Waals surface area contributed by atoms with E-state index >= 15 is 0 Å². The van der Waals surface area contributed by atoms with E-state index in [-0.39, 0.29) is 29.3 Å². The Kier molecular flexibility index (Phi) is 8.03. The average molecular weight is 477 g/mol. The van der Waals surface area contributed by atoms with Gasteiger partial charge in [0.25, 0.3) is 0 Å². The summed E-state index contributed by atoms with van der Waals surface area (Å²) in [5, 5.41) is 0. The van der Waals surface area contributed by atoms with E-state index in [1.807, 2.05) is 20.8 Å². The zero-order valence-corrected chi connectivity index (χ0v) is 21.3. The Labute approximate surface area is 195 Å². The van der Waals surface area contributed by atoms with Crippen LogP contribution < -0.4 is 4.72 Å². The van der Waals surface area contributed by atoms with Crippen LogP contribution in [0.1, 0.15) is 73.3 Å². The highest BCUT2D eigenvalue weighted by molar-refractivity contribution is 7.89. The first-order valence-corrected chi connectivity index (χ1v) is 12.1. The fraction of sp³-hybridized carbons (Fsp3) is 0.458. The van der Waals surface area contributed by atoms with Gasteiger partial charge in [-0.05, 0) is 88.8 Å². The van der Waals surface area contributed by atoms with Gasteiger partial charge in [-0.25, -0.2) is 13.1 Å². The Bertz CT molecular complexity index is 1210. The van der Waals surface area contributed by atoms with Crippen molar-refractivity contribution in [2.24, 2.45) is 0 Å². The van der Waals surface area contributed by atoms with E-state index in [0.29, 0.717) is 27.9 Å². The van der Waals surface area contributed by atoms with Crippen LogP contribution in [-0.2, 0) is 19.6 Å². The second kappa shape index (κ2) is 10.0. The van der Waals surface area contributed by atoms with Gasteiger partial charge in [-0.2, -0.15) is 0 Å². The Morgan fingerprint density at radius 3 is 1.85 bits per heavy atom. The number of carbonyl (C=O) groups is 3. The summed E-state index contributed by atoms with van der Waals surface area (Å²) >= 11 is 0. The number of hydrogen-bond donors (Lipinski definition) is 2. The zero-order valence-electron chi connectivity index (χ0n) is 20.5. The van der Waals surface area contributed by atoms with Crippen molar-refractivity contribution in [3.8, 4) is 0 Å². The molecule has 0 aliphatic heterocycles. The number of ketones is 2. The van der Waals surface area contributed by atoms with E-state index in [1.54, 1.807) is 27.7 Å². The number of aryl methyl sites for hydroxylation is 1. The molecule has 0 spiro atoms. The minimum absolute atomic E-state index is 0.157. The van der Waals surface area contributed by atoms with Crippen LogP contribution in [0.25, 0.3) is 0 Å². The number of Topliss-reactive ketones (excluding diaryl/α,β-unsaturated/α-hetero) is 2. The average Bonchev–Trinajstić information content (AvgIpc) is 3.03. The maximum absolute atomic E-state index is 12.9. The Balaban J connectivity index is 2.00. The third-order valence-electron chi connectivity index (χ3n) is 6.25. The van der Waals surface area contributed by atoms with Crippen LogP contribution in [0.3, 0.4) is 0 Å². The number of aromatic nitrogens is 1. The molecule has 0 radical (unpaired) electrons. The van der Waals surface area contributed by atoms with Gasteiger partial charge >= 0.3 is 5.97 Å². The summed E-state index contributed by atoms with van der Waals surface area (Å²) in [7, 11) is -3.83. The molecular formula is C24H32N2O6S. The normalized spacial score (nSPS) is 11.5. The molecule has 0 amide bonds. The van der Waals surface area contributed by atoms with Gasteiger partial charge in [0, 0.05) is 17.8 Å². The van der Waals surface area contributed by atoms with Crippen molar-refractivity contribution in [3.05, 3.63) is 50.3 Å². The highest BCUT2D eigenvalue weighted by atomic mass is 32.2. The van der Waals surface area contributed by atoms with Crippen LogP contribution in [0.15, 0.2) is 4.90 Å². The molecule has 1 aromatic heterocycles. The number of esters is 1. The summed E-state index contributed by atoms with van der Waals surface area (Å²) in [5.41, 5.74) is 6.02. The minimum atomic E-state index is -3.83. The Hall–Kier alpha value is -2.78. The molecule has 180 valence electrons. The molecule has 1 heterocycles. The fourth-order valence-electron chi connectivity index (χ4n) is 4.08. The summed E-state index contributed by atoms with van der Waals surface area (Å²) in [4.78, 5) is 39.3. The summed E-state index contributed by atoms with van der Waals surface area (Å²) < 4.78 is 33.3. The molecule has 0 aliphatic carbocycles. The smallest absolute Gasteiger partial charge is 0.307 e. The van der Waals surface area contributed by atoms with Gasteiger partial charge in [0.05, 0.1) is 17.0 Å². The molecular weight excluding hydrogens is 444 g/mol. The molecule has 0 fully saturated rings. The number of H-pyrrole nitrogens is 1. The fourth-order valence-corrected chi connectivity index (χ4v) is 5.70. The van der Waals surface area contributed by atoms with Gasteiger partial charge in [0.2, 0.25) is 15.8 Å². The SMILES string of the molecule is CC(=O)c1c(C)[nH]c(C(=O)COC(=O)CCNS(=O)(=O)c2c(C)c(C)c(C)c(C)c2C)c1C. The van der Waals surface area contributed by atoms with Crippen molar-refractivity contribution in [1.82, 2.24) is 9.71 Å². The van der Waals surface area contributed by atoms with Crippen LogP contribution in [-0.4, -0.2) is 44.1 Å². The van der Waals surface area contributed by atoms with Crippen LogP contribution in [0.2, 0.25) is 0 Å².